The number of alkyl halides is 3. The Hall–Kier alpha value is -3.31. The molecule has 206 valence electrons. The van der Waals surface area contributed by atoms with E-state index >= 15 is 0 Å². The van der Waals surface area contributed by atoms with Gasteiger partial charge < -0.3 is 24.4 Å². The predicted octanol–water partition coefficient (Wildman–Crippen LogP) is 4.42. The highest BCUT2D eigenvalue weighted by molar-refractivity contribution is 6.03. The molecule has 1 unspecified atom stereocenters. The summed E-state index contributed by atoms with van der Waals surface area (Å²) >= 11 is 0. The van der Waals surface area contributed by atoms with Crippen LogP contribution in [0.1, 0.15) is 61.7 Å². The zero-order chi connectivity index (χ0) is 26.9. The Morgan fingerprint density at radius 2 is 1.84 bits per heavy atom. The molecule has 1 N–H and O–H groups in total. The smallest absolute Gasteiger partial charge is 0.417 e. The largest absolute Gasteiger partial charge is 0.437 e. The van der Waals surface area contributed by atoms with E-state index in [9.17, 15) is 22.8 Å². The molecule has 2 saturated heterocycles. The molecule has 0 spiro atoms. The highest BCUT2D eigenvalue weighted by Gasteiger charge is 2.42. The molecule has 4 heterocycles. The van der Waals surface area contributed by atoms with E-state index in [1.165, 1.54) is 6.20 Å². The van der Waals surface area contributed by atoms with Crippen molar-refractivity contribution < 1.29 is 27.2 Å². The van der Waals surface area contributed by atoms with Crippen molar-refractivity contribution in [2.75, 3.05) is 54.4 Å². The van der Waals surface area contributed by atoms with Crippen LogP contribution < -0.4 is 15.1 Å². The number of oxazole rings is 1. The van der Waals surface area contributed by atoms with Gasteiger partial charge in [-0.15, -0.1) is 0 Å². The molecule has 2 amide bonds. The van der Waals surface area contributed by atoms with E-state index < -0.39 is 23.5 Å². The maximum Gasteiger partial charge on any atom is 0.437 e. The van der Waals surface area contributed by atoms with Gasteiger partial charge in [-0.1, -0.05) is 6.92 Å². The molecule has 3 fully saturated rings. The van der Waals surface area contributed by atoms with Crippen molar-refractivity contribution >= 4 is 29.3 Å². The molecule has 0 aromatic carbocycles. The molecule has 0 radical (unpaired) electrons. The van der Waals surface area contributed by atoms with Crippen LogP contribution in [-0.4, -0.2) is 66.0 Å². The number of amides is 2. The predicted molar refractivity (Wildman–Crippen MR) is 135 cm³/mol. The summed E-state index contributed by atoms with van der Waals surface area (Å²) in [5.74, 6) is -0.160. The third-order valence-corrected chi connectivity index (χ3v) is 7.36. The lowest BCUT2D eigenvalue weighted by atomic mass is 10.0. The highest BCUT2D eigenvalue weighted by Crippen LogP contribution is 2.36. The fraction of sp³-hybridized carbons (Fsp3) is 0.615. The van der Waals surface area contributed by atoms with E-state index in [1.54, 1.807) is 17.0 Å². The standard InChI is InChI=1S/C26H33F3N6O3/c1-17-4-2-9-35(16-17)25-32-23(26(27,28)29)22(38-25)24(37)31-19-7-8-20(30-15-19)33-10-3-11-34(13-12-33)21(36)14-18-5-6-18/h7-8,15,17-18H,2-6,9-14,16H2,1H3,(H,31,37). The second-order valence-corrected chi connectivity index (χ2v) is 10.6. The molecule has 9 nitrogen and oxygen atoms in total. The Bertz CT molecular complexity index is 1150. The summed E-state index contributed by atoms with van der Waals surface area (Å²) in [6.45, 7) is 5.77. The number of anilines is 3. The minimum atomic E-state index is -4.83. The first-order valence-corrected chi connectivity index (χ1v) is 13.3. The second-order valence-electron chi connectivity index (χ2n) is 10.6. The minimum Gasteiger partial charge on any atom is -0.417 e. The highest BCUT2D eigenvalue weighted by atomic mass is 19.4. The number of pyridine rings is 1. The van der Waals surface area contributed by atoms with Crippen LogP contribution in [0.5, 0.6) is 0 Å². The van der Waals surface area contributed by atoms with Gasteiger partial charge in [0.05, 0.1) is 11.9 Å². The van der Waals surface area contributed by atoms with Crippen LogP contribution in [0.15, 0.2) is 22.7 Å². The van der Waals surface area contributed by atoms with Crippen molar-refractivity contribution in [3.8, 4) is 0 Å². The van der Waals surface area contributed by atoms with Gasteiger partial charge in [0.25, 0.3) is 11.9 Å². The molecule has 0 bridgehead atoms. The summed E-state index contributed by atoms with van der Waals surface area (Å²) in [7, 11) is 0. The molecule has 1 aliphatic carbocycles. The molecule has 5 rings (SSSR count). The van der Waals surface area contributed by atoms with Crippen LogP contribution in [0.3, 0.4) is 0 Å². The van der Waals surface area contributed by atoms with Gasteiger partial charge in [0.15, 0.2) is 5.69 Å². The van der Waals surface area contributed by atoms with Gasteiger partial charge in [-0.3, -0.25) is 9.59 Å². The summed E-state index contributed by atoms with van der Waals surface area (Å²) < 4.78 is 46.4. The first-order chi connectivity index (χ1) is 18.2. The summed E-state index contributed by atoms with van der Waals surface area (Å²) in [6, 6.07) is 3.12. The van der Waals surface area contributed by atoms with Crippen molar-refractivity contribution in [3.05, 3.63) is 29.8 Å². The number of carbonyl (C=O) groups excluding carboxylic acids is 2. The number of piperidine rings is 1. The Labute approximate surface area is 219 Å². The zero-order valence-electron chi connectivity index (χ0n) is 21.5. The molecule has 1 atom stereocenters. The molecule has 3 aliphatic rings. The van der Waals surface area contributed by atoms with E-state index in [0.717, 1.165) is 38.6 Å². The summed E-state index contributed by atoms with van der Waals surface area (Å²) in [6.07, 6.45) is 2.11. The van der Waals surface area contributed by atoms with Gasteiger partial charge in [-0.2, -0.15) is 18.2 Å². The minimum absolute atomic E-state index is 0.187. The molecule has 2 aromatic heterocycles. The van der Waals surface area contributed by atoms with E-state index in [0.29, 0.717) is 56.8 Å². The van der Waals surface area contributed by atoms with Crippen LogP contribution >= 0.6 is 0 Å². The third kappa shape index (κ3) is 6.21. The van der Waals surface area contributed by atoms with Crippen molar-refractivity contribution in [2.24, 2.45) is 11.8 Å². The van der Waals surface area contributed by atoms with Crippen molar-refractivity contribution in [2.45, 2.75) is 51.6 Å². The average Bonchev–Trinajstić information content (AvgIpc) is 3.62. The fourth-order valence-corrected chi connectivity index (χ4v) is 5.08. The lowest BCUT2D eigenvalue weighted by Gasteiger charge is -2.29. The van der Waals surface area contributed by atoms with Gasteiger partial charge in [0.1, 0.15) is 5.82 Å². The van der Waals surface area contributed by atoms with Gasteiger partial charge in [0, 0.05) is 45.7 Å². The number of hydrogen-bond acceptors (Lipinski definition) is 7. The number of carbonyl (C=O) groups is 2. The molecule has 1 saturated carbocycles. The fourth-order valence-electron chi connectivity index (χ4n) is 5.08. The molecule has 12 heteroatoms. The van der Waals surface area contributed by atoms with Crippen LogP contribution in [0.25, 0.3) is 0 Å². The van der Waals surface area contributed by atoms with Gasteiger partial charge in [-0.05, 0) is 56.1 Å². The van der Waals surface area contributed by atoms with Gasteiger partial charge in [-0.25, -0.2) is 4.98 Å². The van der Waals surface area contributed by atoms with Crippen LogP contribution in [0, 0.1) is 11.8 Å². The van der Waals surface area contributed by atoms with E-state index in [4.69, 9.17) is 4.42 Å². The normalized spacial score (nSPS) is 20.8. The van der Waals surface area contributed by atoms with Crippen LogP contribution in [0.4, 0.5) is 30.7 Å². The Morgan fingerprint density at radius 3 is 2.53 bits per heavy atom. The van der Waals surface area contributed by atoms with E-state index in [2.05, 4.69) is 20.2 Å². The van der Waals surface area contributed by atoms with E-state index in [1.807, 2.05) is 11.8 Å². The van der Waals surface area contributed by atoms with Crippen molar-refractivity contribution in [1.29, 1.82) is 0 Å². The molecule has 2 aromatic rings. The number of aromatic nitrogens is 2. The summed E-state index contributed by atoms with van der Waals surface area (Å²) in [5, 5.41) is 2.46. The lowest BCUT2D eigenvalue weighted by Crippen LogP contribution is -2.35. The average molecular weight is 535 g/mol. The van der Waals surface area contributed by atoms with Crippen molar-refractivity contribution in [1.82, 2.24) is 14.9 Å². The van der Waals surface area contributed by atoms with Crippen molar-refractivity contribution in [3.63, 3.8) is 0 Å². The zero-order valence-corrected chi connectivity index (χ0v) is 21.5. The number of halogens is 3. The Kier molecular flexibility index (Phi) is 7.49. The number of rotatable bonds is 6. The molecule has 38 heavy (non-hydrogen) atoms. The van der Waals surface area contributed by atoms with Crippen LogP contribution in [-0.2, 0) is 11.0 Å². The molecular weight excluding hydrogens is 501 g/mol. The quantitative estimate of drug-likeness (QED) is 0.587. The topological polar surface area (TPSA) is 94.8 Å². The second kappa shape index (κ2) is 10.8. The van der Waals surface area contributed by atoms with E-state index in [-0.39, 0.29) is 17.6 Å². The summed E-state index contributed by atoms with van der Waals surface area (Å²) in [4.78, 5) is 39.0. The molecule has 2 aliphatic heterocycles. The first-order valence-electron chi connectivity index (χ1n) is 13.3. The first kappa shape index (κ1) is 26.3. The maximum absolute atomic E-state index is 13.7. The summed E-state index contributed by atoms with van der Waals surface area (Å²) in [5.41, 5.74) is -1.09. The Balaban J connectivity index is 1.23. The number of nitrogens with zero attached hydrogens (tertiary/aromatic N) is 5. The number of nitrogens with one attached hydrogen (secondary N) is 1. The van der Waals surface area contributed by atoms with Gasteiger partial charge >= 0.3 is 6.18 Å². The maximum atomic E-state index is 13.7. The third-order valence-electron chi connectivity index (χ3n) is 7.36. The lowest BCUT2D eigenvalue weighted by molar-refractivity contribution is -0.141. The van der Waals surface area contributed by atoms with Crippen LogP contribution in [0.2, 0.25) is 0 Å². The van der Waals surface area contributed by atoms with Gasteiger partial charge in [0.2, 0.25) is 11.7 Å². The Morgan fingerprint density at radius 1 is 1.05 bits per heavy atom. The molecular formula is C26H33F3N6O3. The monoisotopic (exact) mass is 534 g/mol. The number of hydrogen-bond donors (Lipinski definition) is 1. The SMILES string of the molecule is CC1CCCN(c2nc(C(F)(F)F)c(C(=O)Nc3ccc(N4CCCN(C(=O)CC5CC5)CC4)nc3)o2)C1.